The van der Waals surface area contributed by atoms with Gasteiger partial charge in [0, 0.05) is 37.3 Å². The maximum Gasteiger partial charge on any atom is 0.259 e. The molecule has 0 radical (unpaired) electrons. The van der Waals surface area contributed by atoms with Gasteiger partial charge in [0.2, 0.25) is 5.88 Å². The van der Waals surface area contributed by atoms with Gasteiger partial charge in [-0.2, -0.15) is 0 Å². The first-order chi connectivity index (χ1) is 17.4. The maximum absolute atomic E-state index is 13.7. The lowest BCUT2D eigenvalue weighted by atomic mass is 9.99. The number of ether oxygens (including phenoxy) is 2. The number of fused-ring (bicyclic) bond motifs is 1. The highest BCUT2D eigenvalue weighted by Gasteiger charge is 2.34. The molecule has 1 aromatic heterocycles. The zero-order valence-corrected chi connectivity index (χ0v) is 21.4. The number of amides is 1. The van der Waals surface area contributed by atoms with Crippen molar-refractivity contribution >= 4 is 5.91 Å². The van der Waals surface area contributed by atoms with Gasteiger partial charge in [0.25, 0.3) is 5.91 Å². The van der Waals surface area contributed by atoms with Crippen molar-refractivity contribution in [1.29, 1.82) is 0 Å². The standard InChI is InChI=1S/C29H35N3O4/c1-20-16-32(21(2)19-33)29(34)26-14-24(23-10-12-25(35-4)13-11-23)15-30-28(26)36-27(20)18-31(3)17-22-8-6-5-7-9-22/h5-15,20-21,27,33H,16-19H2,1-4H3/t20-,21+,27+/m0/s1. The smallest absolute Gasteiger partial charge is 0.259 e. The molecule has 1 amide bonds. The third-order valence-electron chi connectivity index (χ3n) is 6.73. The van der Waals surface area contributed by atoms with Crippen LogP contribution in [0.5, 0.6) is 11.6 Å². The van der Waals surface area contributed by atoms with E-state index in [4.69, 9.17) is 9.47 Å². The van der Waals surface area contributed by atoms with Crippen molar-refractivity contribution in [2.24, 2.45) is 5.92 Å². The first-order valence-corrected chi connectivity index (χ1v) is 12.3. The van der Waals surface area contributed by atoms with Gasteiger partial charge in [0.15, 0.2) is 0 Å². The Morgan fingerprint density at radius 1 is 1.17 bits per heavy atom. The first-order valence-electron chi connectivity index (χ1n) is 12.3. The van der Waals surface area contributed by atoms with Gasteiger partial charge in [0.05, 0.1) is 19.8 Å². The molecule has 3 aromatic rings. The summed E-state index contributed by atoms with van der Waals surface area (Å²) in [4.78, 5) is 22.2. The minimum atomic E-state index is -0.321. The number of hydrogen-bond donors (Lipinski definition) is 1. The summed E-state index contributed by atoms with van der Waals surface area (Å²) in [5.41, 5.74) is 3.38. The molecule has 2 heterocycles. The number of nitrogens with zero attached hydrogens (tertiary/aromatic N) is 3. The fraction of sp³-hybridized carbons (Fsp3) is 0.379. The molecule has 0 spiro atoms. The van der Waals surface area contributed by atoms with E-state index in [9.17, 15) is 9.90 Å². The fourth-order valence-electron chi connectivity index (χ4n) is 4.53. The van der Waals surface area contributed by atoms with Gasteiger partial charge in [-0.15, -0.1) is 0 Å². The molecule has 36 heavy (non-hydrogen) atoms. The van der Waals surface area contributed by atoms with Gasteiger partial charge in [-0.05, 0) is 43.3 Å². The van der Waals surface area contributed by atoms with Crippen LogP contribution >= 0.6 is 0 Å². The molecule has 3 atom stereocenters. The van der Waals surface area contributed by atoms with E-state index >= 15 is 0 Å². The van der Waals surface area contributed by atoms with E-state index < -0.39 is 0 Å². The van der Waals surface area contributed by atoms with Crippen LogP contribution in [0.15, 0.2) is 66.9 Å². The summed E-state index contributed by atoms with van der Waals surface area (Å²) in [7, 11) is 3.70. The lowest BCUT2D eigenvalue weighted by Gasteiger charge is -2.37. The summed E-state index contributed by atoms with van der Waals surface area (Å²) in [5, 5.41) is 9.90. The van der Waals surface area contributed by atoms with Crippen LogP contribution in [0.4, 0.5) is 0 Å². The normalized spacial score (nSPS) is 18.7. The van der Waals surface area contributed by atoms with Gasteiger partial charge in [-0.1, -0.05) is 49.4 Å². The average Bonchev–Trinajstić information content (AvgIpc) is 2.90. The topological polar surface area (TPSA) is 75.1 Å². The highest BCUT2D eigenvalue weighted by Crippen LogP contribution is 2.31. The van der Waals surface area contributed by atoms with Crippen LogP contribution in [-0.2, 0) is 6.54 Å². The SMILES string of the molecule is COc1ccc(-c2cnc3c(c2)C(=O)N([C@H](C)CO)C[C@H](C)[C@@H](CN(C)Cc2ccccc2)O3)cc1. The lowest BCUT2D eigenvalue weighted by molar-refractivity contribution is 0.0325. The first kappa shape index (κ1) is 25.7. The zero-order valence-electron chi connectivity index (χ0n) is 21.4. The number of aromatic nitrogens is 1. The number of rotatable bonds is 8. The summed E-state index contributed by atoms with van der Waals surface area (Å²) in [6.45, 7) is 5.79. The second kappa shape index (κ2) is 11.5. The van der Waals surface area contributed by atoms with Gasteiger partial charge in [-0.3, -0.25) is 9.69 Å². The predicted molar refractivity (Wildman–Crippen MR) is 140 cm³/mol. The summed E-state index contributed by atoms with van der Waals surface area (Å²) in [6, 6.07) is 19.5. The highest BCUT2D eigenvalue weighted by atomic mass is 16.5. The Labute approximate surface area is 213 Å². The van der Waals surface area contributed by atoms with Crippen LogP contribution in [-0.4, -0.2) is 71.8 Å². The van der Waals surface area contributed by atoms with Crippen LogP contribution in [0, 0.1) is 5.92 Å². The van der Waals surface area contributed by atoms with Crippen molar-refractivity contribution in [3.63, 3.8) is 0 Å². The van der Waals surface area contributed by atoms with E-state index in [1.54, 1.807) is 18.2 Å². The van der Waals surface area contributed by atoms with Crippen molar-refractivity contribution in [3.05, 3.63) is 78.0 Å². The number of pyridine rings is 1. The van der Waals surface area contributed by atoms with Crippen LogP contribution in [0.3, 0.4) is 0 Å². The second-order valence-corrected chi connectivity index (χ2v) is 9.61. The van der Waals surface area contributed by atoms with Crippen molar-refractivity contribution in [1.82, 2.24) is 14.8 Å². The van der Waals surface area contributed by atoms with Gasteiger partial charge < -0.3 is 19.5 Å². The predicted octanol–water partition coefficient (Wildman–Crippen LogP) is 4.11. The van der Waals surface area contributed by atoms with E-state index in [0.717, 1.165) is 23.4 Å². The maximum atomic E-state index is 13.7. The fourth-order valence-corrected chi connectivity index (χ4v) is 4.53. The molecule has 0 saturated carbocycles. The van der Waals surface area contributed by atoms with Gasteiger partial charge in [-0.25, -0.2) is 4.98 Å². The third-order valence-corrected chi connectivity index (χ3v) is 6.73. The molecule has 7 nitrogen and oxygen atoms in total. The van der Waals surface area contributed by atoms with Crippen LogP contribution in [0.2, 0.25) is 0 Å². The molecule has 1 N–H and O–H groups in total. The second-order valence-electron chi connectivity index (χ2n) is 9.61. The quantitative estimate of drug-likeness (QED) is 0.513. The van der Waals surface area contributed by atoms with Crippen molar-refractivity contribution < 1.29 is 19.4 Å². The monoisotopic (exact) mass is 489 g/mol. The molecular formula is C29H35N3O4. The Morgan fingerprint density at radius 2 is 1.89 bits per heavy atom. The molecule has 1 aliphatic rings. The van der Waals surface area contributed by atoms with E-state index in [-0.39, 0.29) is 30.6 Å². The molecule has 1 aliphatic heterocycles. The van der Waals surface area contributed by atoms with Crippen molar-refractivity contribution in [2.75, 3.05) is 33.9 Å². The van der Waals surface area contributed by atoms with E-state index in [1.165, 1.54) is 5.56 Å². The van der Waals surface area contributed by atoms with E-state index in [0.29, 0.717) is 24.5 Å². The minimum Gasteiger partial charge on any atom is -0.497 e. The summed E-state index contributed by atoms with van der Waals surface area (Å²) >= 11 is 0. The zero-order chi connectivity index (χ0) is 25.7. The molecule has 0 aliphatic carbocycles. The number of methoxy groups -OCH3 is 1. The lowest BCUT2D eigenvalue weighted by Crippen LogP contribution is -2.49. The van der Waals surface area contributed by atoms with Crippen molar-refractivity contribution in [3.8, 4) is 22.8 Å². The summed E-state index contributed by atoms with van der Waals surface area (Å²) in [6.07, 6.45) is 1.56. The molecule has 0 fully saturated rings. The summed E-state index contributed by atoms with van der Waals surface area (Å²) in [5.74, 6) is 0.948. The van der Waals surface area contributed by atoms with Crippen LogP contribution in [0.1, 0.15) is 29.8 Å². The third kappa shape index (κ3) is 5.86. The molecule has 0 bridgehead atoms. The number of benzene rings is 2. The van der Waals surface area contributed by atoms with Crippen molar-refractivity contribution in [2.45, 2.75) is 32.5 Å². The highest BCUT2D eigenvalue weighted by molar-refractivity contribution is 5.98. The largest absolute Gasteiger partial charge is 0.497 e. The Bertz CT molecular complexity index is 1150. The molecule has 7 heteroatoms. The Morgan fingerprint density at radius 3 is 2.56 bits per heavy atom. The molecule has 190 valence electrons. The number of aliphatic hydroxyl groups excluding tert-OH is 1. The Hall–Kier alpha value is -3.42. The number of hydrogen-bond acceptors (Lipinski definition) is 6. The molecular weight excluding hydrogens is 454 g/mol. The Kier molecular flexibility index (Phi) is 8.23. The van der Waals surface area contributed by atoms with Gasteiger partial charge in [0.1, 0.15) is 17.4 Å². The molecule has 2 aromatic carbocycles. The van der Waals surface area contributed by atoms with Gasteiger partial charge >= 0.3 is 0 Å². The number of carbonyl (C=O) groups excluding carboxylic acids is 1. The molecule has 0 unspecified atom stereocenters. The average molecular weight is 490 g/mol. The number of likely N-dealkylation sites (N-methyl/N-ethyl adjacent to an activating group) is 1. The number of carbonyl (C=O) groups is 1. The molecule has 0 saturated heterocycles. The number of aliphatic hydroxyl groups is 1. The van der Waals surface area contributed by atoms with Crippen LogP contribution < -0.4 is 9.47 Å². The van der Waals surface area contributed by atoms with E-state index in [2.05, 4.69) is 36.0 Å². The van der Waals surface area contributed by atoms with Crippen LogP contribution in [0.25, 0.3) is 11.1 Å². The molecule has 4 rings (SSSR count). The minimum absolute atomic E-state index is 0.0392. The Balaban J connectivity index is 1.65. The summed E-state index contributed by atoms with van der Waals surface area (Å²) < 4.78 is 11.7. The van der Waals surface area contributed by atoms with E-state index in [1.807, 2.05) is 55.5 Å².